The van der Waals surface area contributed by atoms with Gasteiger partial charge >= 0.3 is 0 Å². The highest BCUT2D eigenvalue weighted by molar-refractivity contribution is 5.00. The Labute approximate surface area is 55.3 Å². The van der Waals surface area contributed by atoms with E-state index in [4.69, 9.17) is 0 Å². The van der Waals surface area contributed by atoms with Gasteiger partial charge in [0, 0.05) is 11.9 Å². The summed E-state index contributed by atoms with van der Waals surface area (Å²) in [6.07, 6.45) is 4.78. The lowest BCUT2D eigenvalue weighted by Crippen LogP contribution is -1.89. The molecule has 0 aliphatic carbocycles. The van der Waals surface area contributed by atoms with E-state index < -0.39 is 0 Å². The van der Waals surface area contributed by atoms with Crippen molar-refractivity contribution in [3.05, 3.63) is 18.2 Å². The summed E-state index contributed by atoms with van der Waals surface area (Å²) in [6.45, 7) is 4.36. The minimum atomic E-state index is 0.618. The fourth-order valence-electron chi connectivity index (χ4n) is 0.756. The standard InChI is InChI=1S/C7H12N2/c1-3-6(2)7-4-8-5-9-7/h4-6H,3H2,1-2H3,(H,8,9). The lowest BCUT2D eigenvalue weighted by Gasteiger charge is -2.02. The number of hydrogen-bond donors (Lipinski definition) is 1. The molecular formula is C7H12N2. The molecule has 0 saturated carbocycles. The zero-order valence-electron chi connectivity index (χ0n) is 5.89. The van der Waals surface area contributed by atoms with Gasteiger partial charge in [-0.1, -0.05) is 13.8 Å². The molecule has 2 heteroatoms. The van der Waals surface area contributed by atoms with E-state index in [1.54, 1.807) is 6.33 Å². The fourth-order valence-corrected chi connectivity index (χ4v) is 0.756. The van der Waals surface area contributed by atoms with Gasteiger partial charge in [0.25, 0.3) is 0 Å². The molecule has 1 N–H and O–H groups in total. The highest BCUT2D eigenvalue weighted by atomic mass is 14.9. The van der Waals surface area contributed by atoms with Crippen molar-refractivity contribution in [3.8, 4) is 0 Å². The molecule has 1 aromatic rings. The molecule has 0 fully saturated rings. The van der Waals surface area contributed by atoms with Crippen molar-refractivity contribution in [2.24, 2.45) is 0 Å². The summed E-state index contributed by atoms with van der Waals surface area (Å²) in [5.74, 6) is 0.618. The minimum absolute atomic E-state index is 0.618. The Bertz CT molecular complexity index is 155. The van der Waals surface area contributed by atoms with Crippen LogP contribution in [-0.2, 0) is 0 Å². The van der Waals surface area contributed by atoms with E-state index in [1.807, 2.05) is 6.20 Å². The number of hydrogen-bond acceptors (Lipinski definition) is 1. The second-order valence-corrected chi connectivity index (χ2v) is 2.32. The lowest BCUT2D eigenvalue weighted by molar-refractivity contribution is 0.713. The molecule has 0 radical (unpaired) electrons. The molecule has 0 aliphatic heterocycles. The van der Waals surface area contributed by atoms with Gasteiger partial charge < -0.3 is 4.98 Å². The highest BCUT2D eigenvalue weighted by Crippen LogP contribution is 2.13. The average Bonchev–Trinajstić information content (AvgIpc) is 2.37. The third-order valence-electron chi connectivity index (χ3n) is 1.66. The second kappa shape index (κ2) is 2.67. The first-order chi connectivity index (χ1) is 4.34. The molecule has 1 heterocycles. The predicted molar refractivity (Wildman–Crippen MR) is 37.3 cm³/mol. The summed E-state index contributed by atoms with van der Waals surface area (Å²) >= 11 is 0. The maximum absolute atomic E-state index is 3.94. The predicted octanol–water partition coefficient (Wildman–Crippen LogP) is 1.92. The summed E-state index contributed by atoms with van der Waals surface area (Å²) in [7, 11) is 0. The maximum Gasteiger partial charge on any atom is 0.0921 e. The van der Waals surface area contributed by atoms with Gasteiger partial charge in [0.15, 0.2) is 0 Å². The number of aromatic amines is 1. The van der Waals surface area contributed by atoms with Crippen molar-refractivity contribution >= 4 is 0 Å². The number of aromatic nitrogens is 2. The van der Waals surface area contributed by atoms with Gasteiger partial charge in [-0.25, -0.2) is 4.98 Å². The summed E-state index contributed by atoms with van der Waals surface area (Å²) in [5.41, 5.74) is 1.23. The van der Waals surface area contributed by atoms with Gasteiger partial charge in [-0.05, 0) is 12.3 Å². The Morgan fingerprint density at radius 1 is 1.78 bits per heavy atom. The molecule has 1 unspecified atom stereocenters. The van der Waals surface area contributed by atoms with Crippen LogP contribution in [0.3, 0.4) is 0 Å². The summed E-state index contributed by atoms with van der Waals surface area (Å²) in [6, 6.07) is 0. The third kappa shape index (κ3) is 1.31. The van der Waals surface area contributed by atoms with Gasteiger partial charge in [-0.3, -0.25) is 0 Å². The molecule has 1 rings (SSSR count). The number of rotatable bonds is 2. The van der Waals surface area contributed by atoms with E-state index in [2.05, 4.69) is 23.8 Å². The summed E-state index contributed by atoms with van der Waals surface area (Å²) in [4.78, 5) is 7.01. The van der Waals surface area contributed by atoms with Crippen LogP contribution in [0.5, 0.6) is 0 Å². The maximum atomic E-state index is 3.94. The van der Waals surface area contributed by atoms with Gasteiger partial charge in [0.1, 0.15) is 0 Å². The molecule has 0 spiro atoms. The first-order valence-electron chi connectivity index (χ1n) is 3.33. The second-order valence-electron chi connectivity index (χ2n) is 2.32. The summed E-state index contributed by atoms with van der Waals surface area (Å²) < 4.78 is 0. The van der Waals surface area contributed by atoms with Crippen LogP contribution in [0.1, 0.15) is 31.9 Å². The molecule has 0 aromatic carbocycles. The van der Waals surface area contributed by atoms with Crippen molar-refractivity contribution in [2.75, 3.05) is 0 Å². The first kappa shape index (κ1) is 6.33. The molecule has 1 aromatic heterocycles. The third-order valence-corrected chi connectivity index (χ3v) is 1.66. The van der Waals surface area contributed by atoms with Crippen molar-refractivity contribution in [3.63, 3.8) is 0 Å². The molecule has 2 nitrogen and oxygen atoms in total. The van der Waals surface area contributed by atoms with Crippen LogP contribution in [0.15, 0.2) is 12.5 Å². The number of nitrogens with one attached hydrogen (secondary N) is 1. The van der Waals surface area contributed by atoms with Crippen LogP contribution in [0.4, 0.5) is 0 Å². The number of imidazole rings is 1. The van der Waals surface area contributed by atoms with Crippen LogP contribution in [0.2, 0.25) is 0 Å². The van der Waals surface area contributed by atoms with E-state index in [0.717, 1.165) is 0 Å². The van der Waals surface area contributed by atoms with Gasteiger partial charge in [-0.2, -0.15) is 0 Å². The van der Waals surface area contributed by atoms with E-state index in [1.165, 1.54) is 12.1 Å². The zero-order valence-corrected chi connectivity index (χ0v) is 5.89. The molecule has 0 saturated heterocycles. The zero-order chi connectivity index (χ0) is 6.69. The van der Waals surface area contributed by atoms with Crippen LogP contribution in [0.25, 0.3) is 0 Å². The van der Waals surface area contributed by atoms with Crippen LogP contribution in [-0.4, -0.2) is 9.97 Å². The Morgan fingerprint density at radius 3 is 3.00 bits per heavy atom. The Hall–Kier alpha value is -0.790. The quantitative estimate of drug-likeness (QED) is 0.641. The lowest BCUT2D eigenvalue weighted by atomic mass is 10.1. The topological polar surface area (TPSA) is 28.7 Å². The van der Waals surface area contributed by atoms with Crippen molar-refractivity contribution < 1.29 is 0 Å². The summed E-state index contributed by atoms with van der Waals surface area (Å²) in [5, 5.41) is 0. The molecule has 0 bridgehead atoms. The van der Waals surface area contributed by atoms with Crippen LogP contribution in [0, 0.1) is 0 Å². The average molecular weight is 124 g/mol. The molecule has 50 valence electrons. The van der Waals surface area contributed by atoms with Gasteiger partial charge in [0.05, 0.1) is 6.33 Å². The molecular weight excluding hydrogens is 112 g/mol. The van der Waals surface area contributed by atoms with Crippen LogP contribution < -0.4 is 0 Å². The van der Waals surface area contributed by atoms with Gasteiger partial charge in [0.2, 0.25) is 0 Å². The fraction of sp³-hybridized carbons (Fsp3) is 0.571. The Kier molecular flexibility index (Phi) is 1.88. The monoisotopic (exact) mass is 124 g/mol. The number of nitrogens with zero attached hydrogens (tertiary/aromatic N) is 1. The van der Waals surface area contributed by atoms with Gasteiger partial charge in [-0.15, -0.1) is 0 Å². The molecule has 9 heavy (non-hydrogen) atoms. The van der Waals surface area contributed by atoms with Crippen molar-refractivity contribution in [1.82, 2.24) is 9.97 Å². The SMILES string of the molecule is CCC(C)c1cnc[nH]1. The van der Waals surface area contributed by atoms with Crippen molar-refractivity contribution in [2.45, 2.75) is 26.2 Å². The number of H-pyrrole nitrogens is 1. The van der Waals surface area contributed by atoms with E-state index >= 15 is 0 Å². The van der Waals surface area contributed by atoms with Crippen LogP contribution >= 0.6 is 0 Å². The smallest absolute Gasteiger partial charge is 0.0921 e. The Balaban J connectivity index is 2.65. The first-order valence-corrected chi connectivity index (χ1v) is 3.33. The van der Waals surface area contributed by atoms with E-state index in [-0.39, 0.29) is 0 Å². The molecule has 0 amide bonds. The highest BCUT2D eigenvalue weighted by Gasteiger charge is 2.01. The molecule has 0 aliphatic rings. The van der Waals surface area contributed by atoms with E-state index in [9.17, 15) is 0 Å². The minimum Gasteiger partial charge on any atom is -0.348 e. The van der Waals surface area contributed by atoms with Crippen molar-refractivity contribution in [1.29, 1.82) is 0 Å². The largest absolute Gasteiger partial charge is 0.348 e. The Morgan fingerprint density at radius 2 is 2.56 bits per heavy atom. The van der Waals surface area contributed by atoms with E-state index in [0.29, 0.717) is 5.92 Å². The molecule has 1 atom stereocenters. The normalized spacial score (nSPS) is 13.6.